The molecular weight excluding hydrogens is 237 g/mol. The summed E-state index contributed by atoms with van der Waals surface area (Å²) in [5.41, 5.74) is 0. The molecule has 0 aliphatic heterocycles. The zero-order chi connectivity index (χ0) is 10.3. The van der Waals surface area contributed by atoms with Crippen molar-refractivity contribution >= 4 is 33.2 Å². The van der Waals surface area contributed by atoms with Crippen LogP contribution < -0.4 is 0 Å². The first-order valence-electron chi connectivity index (χ1n) is 3.46. The largest absolute Gasteiger partial charge is 0.425 e. The van der Waals surface area contributed by atoms with Crippen molar-refractivity contribution in [1.82, 2.24) is 9.97 Å². The van der Waals surface area contributed by atoms with Gasteiger partial charge in [0, 0.05) is 5.39 Å². The van der Waals surface area contributed by atoms with Gasteiger partial charge in [0.25, 0.3) is 0 Å². The Morgan fingerprint density at radius 1 is 1.29 bits per heavy atom. The lowest BCUT2D eigenvalue weighted by Crippen LogP contribution is -2.00. The highest BCUT2D eigenvalue weighted by molar-refractivity contribution is 7.18. The molecular formula is C7H2ClF3N2S. The molecule has 0 unspecified atom stereocenters. The third-order valence-electron chi connectivity index (χ3n) is 1.56. The van der Waals surface area contributed by atoms with Gasteiger partial charge in [0.1, 0.15) is 21.2 Å². The molecule has 0 aromatic carbocycles. The van der Waals surface area contributed by atoms with Crippen LogP contribution in [0.15, 0.2) is 12.4 Å². The smallest absolute Gasteiger partial charge is 0.225 e. The van der Waals surface area contributed by atoms with Gasteiger partial charge in [0.15, 0.2) is 0 Å². The molecule has 0 aliphatic rings. The van der Waals surface area contributed by atoms with E-state index in [1.54, 1.807) is 0 Å². The van der Waals surface area contributed by atoms with Crippen LogP contribution >= 0.6 is 22.9 Å². The van der Waals surface area contributed by atoms with Gasteiger partial charge >= 0.3 is 6.18 Å². The molecule has 0 saturated carbocycles. The number of rotatable bonds is 0. The molecule has 0 aliphatic carbocycles. The van der Waals surface area contributed by atoms with Crippen molar-refractivity contribution in [3.8, 4) is 0 Å². The summed E-state index contributed by atoms with van der Waals surface area (Å²) in [4.78, 5) is 6.83. The maximum absolute atomic E-state index is 12.3. The Labute approximate surface area is 85.4 Å². The molecule has 0 fully saturated rings. The summed E-state index contributed by atoms with van der Waals surface area (Å²) in [5.74, 6) is 0. The summed E-state index contributed by atoms with van der Waals surface area (Å²) in [5, 5.41) is 0.285. The molecule has 0 N–H and O–H groups in total. The van der Waals surface area contributed by atoms with E-state index in [9.17, 15) is 13.2 Å². The lowest BCUT2D eigenvalue weighted by Gasteiger charge is -1.99. The third-order valence-corrected chi connectivity index (χ3v) is 2.95. The predicted octanol–water partition coefficient (Wildman–Crippen LogP) is 3.36. The lowest BCUT2D eigenvalue weighted by atomic mass is 10.3. The Kier molecular flexibility index (Phi) is 2.11. The van der Waals surface area contributed by atoms with Crippen LogP contribution in [0.5, 0.6) is 0 Å². The van der Waals surface area contributed by atoms with Crippen LogP contribution in [0.2, 0.25) is 5.15 Å². The maximum atomic E-state index is 12.3. The fraction of sp³-hybridized carbons (Fsp3) is 0.143. The number of hydrogen-bond acceptors (Lipinski definition) is 3. The molecule has 74 valence electrons. The summed E-state index contributed by atoms with van der Waals surface area (Å²) in [7, 11) is 0. The second kappa shape index (κ2) is 3.06. The molecule has 2 aromatic heterocycles. The standard InChI is InChI=1S/C7H2ClF3N2S/c8-5-3-1-4(7(9,10)11)14-6(3)13-2-12-5/h1-2H. The first-order valence-corrected chi connectivity index (χ1v) is 4.65. The van der Waals surface area contributed by atoms with Crippen LogP contribution in [0.4, 0.5) is 13.2 Å². The van der Waals surface area contributed by atoms with Crippen molar-refractivity contribution in [1.29, 1.82) is 0 Å². The number of thiophene rings is 1. The van der Waals surface area contributed by atoms with E-state index in [2.05, 4.69) is 9.97 Å². The molecule has 0 bridgehead atoms. The van der Waals surface area contributed by atoms with Crippen molar-refractivity contribution in [2.24, 2.45) is 0 Å². The number of fused-ring (bicyclic) bond motifs is 1. The second-order valence-electron chi connectivity index (χ2n) is 2.49. The zero-order valence-corrected chi connectivity index (χ0v) is 8.04. The van der Waals surface area contributed by atoms with Crippen molar-refractivity contribution in [3.63, 3.8) is 0 Å². The van der Waals surface area contributed by atoms with Gasteiger partial charge in [-0.05, 0) is 6.07 Å². The summed E-state index contributed by atoms with van der Waals surface area (Å²) < 4.78 is 36.8. The molecule has 7 heteroatoms. The van der Waals surface area contributed by atoms with E-state index in [0.29, 0.717) is 11.3 Å². The van der Waals surface area contributed by atoms with Crippen LogP contribution in [0.1, 0.15) is 4.88 Å². The van der Waals surface area contributed by atoms with E-state index in [0.717, 1.165) is 12.4 Å². The normalized spacial score (nSPS) is 12.3. The summed E-state index contributed by atoms with van der Waals surface area (Å²) in [6.07, 6.45) is -3.21. The number of halogens is 4. The van der Waals surface area contributed by atoms with E-state index < -0.39 is 11.1 Å². The molecule has 2 nitrogen and oxygen atoms in total. The van der Waals surface area contributed by atoms with Crippen molar-refractivity contribution < 1.29 is 13.2 Å². The van der Waals surface area contributed by atoms with E-state index in [4.69, 9.17) is 11.6 Å². The Balaban J connectivity index is 2.69. The van der Waals surface area contributed by atoms with E-state index in [1.165, 1.54) is 0 Å². The predicted molar refractivity (Wildman–Crippen MR) is 47.4 cm³/mol. The van der Waals surface area contributed by atoms with Gasteiger partial charge in [-0.1, -0.05) is 11.6 Å². The van der Waals surface area contributed by atoms with E-state index in [-0.39, 0.29) is 15.4 Å². The fourth-order valence-electron chi connectivity index (χ4n) is 0.966. The highest BCUT2D eigenvalue weighted by atomic mass is 35.5. The number of hydrogen-bond donors (Lipinski definition) is 0. The topological polar surface area (TPSA) is 25.8 Å². The molecule has 2 rings (SSSR count). The van der Waals surface area contributed by atoms with Crippen molar-refractivity contribution in [2.75, 3.05) is 0 Å². The van der Waals surface area contributed by atoms with E-state index >= 15 is 0 Å². The summed E-state index contributed by atoms with van der Waals surface area (Å²) in [6.45, 7) is 0. The van der Waals surface area contributed by atoms with Crippen LogP contribution in [0.3, 0.4) is 0 Å². The van der Waals surface area contributed by atoms with Crippen LogP contribution in [0, 0.1) is 0 Å². The minimum atomic E-state index is -4.35. The van der Waals surface area contributed by atoms with Gasteiger partial charge in [-0.3, -0.25) is 0 Å². The SMILES string of the molecule is FC(F)(F)c1cc2c(Cl)ncnc2s1. The number of nitrogens with zero attached hydrogens (tertiary/aromatic N) is 2. The van der Waals surface area contributed by atoms with Gasteiger partial charge in [-0.2, -0.15) is 13.2 Å². The van der Waals surface area contributed by atoms with Crippen molar-refractivity contribution in [3.05, 3.63) is 22.4 Å². The van der Waals surface area contributed by atoms with Gasteiger partial charge in [0.2, 0.25) is 0 Å². The summed E-state index contributed by atoms with van der Waals surface area (Å²) >= 11 is 6.17. The lowest BCUT2D eigenvalue weighted by molar-refractivity contribution is -0.134. The first-order chi connectivity index (χ1) is 6.48. The minimum Gasteiger partial charge on any atom is -0.225 e. The molecule has 0 amide bonds. The molecule has 0 spiro atoms. The van der Waals surface area contributed by atoms with Crippen LogP contribution in [-0.2, 0) is 6.18 Å². The maximum Gasteiger partial charge on any atom is 0.425 e. The van der Waals surface area contributed by atoms with Gasteiger partial charge < -0.3 is 0 Å². The van der Waals surface area contributed by atoms with Crippen molar-refractivity contribution in [2.45, 2.75) is 6.18 Å². The Morgan fingerprint density at radius 3 is 2.57 bits per heavy atom. The molecule has 14 heavy (non-hydrogen) atoms. The Bertz CT molecular complexity index is 479. The number of aromatic nitrogens is 2. The average molecular weight is 239 g/mol. The van der Waals surface area contributed by atoms with Gasteiger partial charge in [-0.25, -0.2) is 9.97 Å². The molecule has 0 atom stereocenters. The zero-order valence-electron chi connectivity index (χ0n) is 6.47. The average Bonchev–Trinajstić information content (AvgIpc) is 2.48. The Morgan fingerprint density at radius 2 is 2.00 bits per heavy atom. The summed E-state index contributed by atoms with van der Waals surface area (Å²) in [6, 6.07) is 0.961. The molecule has 0 radical (unpaired) electrons. The van der Waals surface area contributed by atoms with Gasteiger partial charge in [-0.15, -0.1) is 11.3 Å². The van der Waals surface area contributed by atoms with Gasteiger partial charge in [0.05, 0.1) is 0 Å². The molecule has 2 heterocycles. The molecule has 0 saturated heterocycles. The quantitative estimate of drug-likeness (QED) is 0.658. The van der Waals surface area contributed by atoms with Crippen LogP contribution in [0.25, 0.3) is 10.2 Å². The number of alkyl halides is 3. The van der Waals surface area contributed by atoms with E-state index in [1.807, 2.05) is 0 Å². The monoisotopic (exact) mass is 238 g/mol. The minimum absolute atomic E-state index is 0.0433. The highest BCUT2D eigenvalue weighted by Crippen LogP contribution is 2.38. The third kappa shape index (κ3) is 1.55. The second-order valence-corrected chi connectivity index (χ2v) is 3.88. The molecule has 2 aromatic rings. The fourth-order valence-corrected chi connectivity index (χ4v) is 2.08. The highest BCUT2D eigenvalue weighted by Gasteiger charge is 2.33. The first kappa shape index (κ1) is 9.67. The van der Waals surface area contributed by atoms with Crippen LogP contribution in [-0.4, -0.2) is 9.97 Å². The Hall–Kier alpha value is -0.880.